The first-order chi connectivity index (χ1) is 16.4. The Bertz CT molecular complexity index is 1110. The van der Waals surface area contributed by atoms with Crippen molar-refractivity contribution in [3.8, 4) is 0 Å². The monoisotopic (exact) mass is 542 g/mol. The Kier molecular flexibility index (Phi) is 7.00. The Morgan fingerprint density at radius 1 is 0.457 bits per heavy atom. The summed E-state index contributed by atoms with van der Waals surface area (Å²) in [7, 11) is 0. The second kappa shape index (κ2) is 9.30. The zero-order valence-corrected chi connectivity index (χ0v) is 26.1. The van der Waals surface area contributed by atoms with E-state index in [1.165, 1.54) is 41.7 Å². The van der Waals surface area contributed by atoms with Crippen molar-refractivity contribution in [1.29, 1.82) is 0 Å². The molecule has 2 aliphatic carbocycles. The van der Waals surface area contributed by atoms with E-state index in [9.17, 15) is 0 Å². The van der Waals surface area contributed by atoms with Gasteiger partial charge in [0.1, 0.15) is 0 Å². The van der Waals surface area contributed by atoms with Crippen molar-refractivity contribution < 1.29 is 20.3 Å². The predicted molar refractivity (Wildman–Crippen MR) is 151 cm³/mol. The van der Waals surface area contributed by atoms with Crippen LogP contribution >= 0.6 is 0 Å². The first-order valence-corrected chi connectivity index (χ1v) is 19.2. The Hall–Kier alpha value is -1.72. The summed E-state index contributed by atoms with van der Waals surface area (Å²) in [5.41, 5.74) is 15.7. The molecule has 0 bridgehead atoms. The van der Waals surface area contributed by atoms with Crippen LogP contribution in [0.5, 0.6) is 0 Å². The van der Waals surface area contributed by atoms with Gasteiger partial charge < -0.3 is 0 Å². The Balaban J connectivity index is 2.15. The third kappa shape index (κ3) is 3.63. The molecule has 0 amide bonds. The molecule has 0 unspecified atom stereocenters. The molecule has 0 nitrogen and oxygen atoms in total. The number of hydrogen-bond acceptors (Lipinski definition) is 0. The first kappa shape index (κ1) is 26.3. The van der Waals surface area contributed by atoms with Crippen molar-refractivity contribution >= 4 is 0 Å². The number of rotatable bonds is 6. The molecule has 4 rings (SSSR count). The van der Waals surface area contributed by atoms with Crippen molar-refractivity contribution in [3.05, 3.63) is 116 Å². The first-order valence-electron chi connectivity index (χ1n) is 13.2. The SMILES string of the molecule is CC1=C(C)[C](C)([Zr]([CH2]c2ccccc2)([CH2]c2ccccc2)[C]2(C)C(C)=C(C)C(C)=C2C)C(C)=C1C. The molecule has 0 atom stereocenters. The van der Waals surface area contributed by atoms with Gasteiger partial charge in [-0.3, -0.25) is 0 Å². The average Bonchev–Trinajstić information content (AvgIpc) is 3.12. The van der Waals surface area contributed by atoms with Crippen molar-refractivity contribution in [2.75, 3.05) is 0 Å². The molecule has 0 fully saturated rings. The van der Waals surface area contributed by atoms with Gasteiger partial charge in [0.25, 0.3) is 0 Å². The molecule has 0 N–H and O–H groups in total. The fourth-order valence-corrected chi connectivity index (χ4v) is 27.5. The van der Waals surface area contributed by atoms with E-state index in [4.69, 9.17) is 0 Å². The summed E-state index contributed by atoms with van der Waals surface area (Å²) in [5, 5.41) is 0. The van der Waals surface area contributed by atoms with Gasteiger partial charge in [-0.1, -0.05) is 0 Å². The molecule has 184 valence electrons. The number of allylic oxidation sites excluding steroid dienone is 8. The molecule has 2 aliphatic rings. The van der Waals surface area contributed by atoms with Crippen LogP contribution < -0.4 is 0 Å². The normalized spacial score (nSPS) is 19.9. The quantitative estimate of drug-likeness (QED) is 0.340. The van der Waals surface area contributed by atoms with Crippen LogP contribution in [-0.2, 0) is 28.5 Å². The minimum atomic E-state index is -3.45. The molecular weight excluding hydrogens is 500 g/mol. The molecule has 0 radical (unpaired) electrons. The molecule has 2 aromatic rings. The van der Waals surface area contributed by atoms with Crippen LogP contribution in [0.15, 0.2) is 105 Å². The fraction of sp³-hybridized carbons (Fsp3) is 0.412. The third-order valence-electron chi connectivity index (χ3n) is 11.0. The molecule has 2 aromatic carbocycles. The van der Waals surface area contributed by atoms with E-state index in [-0.39, 0.29) is 6.25 Å². The molecule has 35 heavy (non-hydrogen) atoms. The third-order valence-corrected chi connectivity index (χ3v) is 29.1. The van der Waals surface area contributed by atoms with Crippen LogP contribution in [-0.4, -0.2) is 0 Å². The number of benzene rings is 2. The molecule has 0 heterocycles. The Morgan fingerprint density at radius 2 is 0.714 bits per heavy atom. The van der Waals surface area contributed by atoms with E-state index >= 15 is 0 Å². The Labute approximate surface area is 219 Å². The summed E-state index contributed by atoms with van der Waals surface area (Å²) < 4.78 is 2.75. The zero-order valence-electron chi connectivity index (χ0n) is 23.7. The van der Waals surface area contributed by atoms with Crippen LogP contribution in [0.2, 0.25) is 6.25 Å². The van der Waals surface area contributed by atoms with Crippen molar-refractivity contribution in [2.45, 2.75) is 83.7 Å². The van der Waals surface area contributed by atoms with Gasteiger partial charge in [-0.2, -0.15) is 0 Å². The molecular formula is C34H44Zr. The van der Waals surface area contributed by atoms with Crippen molar-refractivity contribution in [2.24, 2.45) is 0 Å². The maximum atomic E-state index is 2.66. The zero-order chi connectivity index (χ0) is 25.8. The standard InChI is InChI=1S/2C10H15.2C7H7.Zr/c2*1-6-7(2)9(4)10(5)8(6)3;2*1-7-5-3-2-4-6-7;/h2*1-5H3;2*2-6H,1H2;. The van der Waals surface area contributed by atoms with Gasteiger partial charge in [-0.15, -0.1) is 0 Å². The molecule has 0 saturated carbocycles. The second-order valence-corrected chi connectivity index (χ2v) is 23.6. The molecule has 0 aromatic heterocycles. The van der Waals surface area contributed by atoms with E-state index in [0.29, 0.717) is 0 Å². The van der Waals surface area contributed by atoms with Crippen molar-refractivity contribution in [1.82, 2.24) is 0 Å². The maximum absolute atomic E-state index is 3.45. The van der Waals surface area contributed by atoms with Crippen LogP contribution in [0.4, 0.5) is 0 Å². The molecule has 1 heteroatoms. The minimum absolute atomic E-state index is 0.136. The topological polar surface area (TPSA) is 0 Å². The summed E-state index contributed by atoms with van der Waals surface area (Å²) in [6.45, 7) is 24.7. The van der Waals surface area contributed by atoms with E-state index in [1.54, 1.807) is 22.3 Å². The van der Waals surface area contributed by atoms with Gasteiger partial charge in [0.2, 0.25) is 0 Å². The van der Waals surface area contributed by atoms with Crippen LogP contribution in [0.3, 0.4) is 0 Å². The van der Waals surface area contributed by atoms with Crippen LogP contribution in [0, 0.1) is 0 Å². The molecule has 0 saturated heterocycles. The van der Waals surface area contributed by atoms with E-state index in [1.807, 2.05) is 0 Å². The molecule has 0 aliphatic heterocycles. The predicted octanol–water partition coefficient (Wildman–Crippen LogP) is 10.3. The van der Waals surface area contributed by atoms with Gasteiger partial charge in [0, 0.05) is 0 Å². The Morgan fingerprint density at radius 3 is 0.971 bits per heavy atom. The van der Waals surface area contributed by atoms with E-state index < -0.39 is 20.3 Å². The van der Waals surface area contributed by atoms with Crippen LogP contribution in [0.1, 0.15) is 80.4 Å². The van der Waals surface area contributed by atoms with Gasteiger partial charge in [-0.25, -0.2) is 0 Å². The van der Waals surface area contributed by atoms with Crippen LogP contribution in [0.25, 0.3) is 0 Å². The van der Waals surface area contributed by atoms with Gasteiger partial charge in [0.05, 0.1) is 0 Å². The summed E-state index contributed by atoms with van der Waals surface area (Å²) in [4.78, 5) is 0. The van der Waals surface area contributed by atoms with Crippen molar-refractivity contribution in [3.63, 3.8) is 0 Å². The summed E-state index contributed by atoms with van der Waals surface area (Å²) >= 11 is -3.45. The average molecular weight is 544 g/mol. The van der Waals surface area contributed by atoms with E-state index in [0.717, 1.165) is 0 Å². The van der Waals surface area contributed by atoms with Gasteiger partial charge >= 0.3 is 220 Å². The summed E-state index contributed by atoms with van der Waals surface area (Å²) in [6.07, 6.45) is 0. The van der Waals surface area contributed by atoms with E-state index in [2.05, 4.69) is 130 Å². The fourth-order valence-electron chi connectivity index (χ4n) is 7.78. The van der Waals surface area contributed by atoms with Gasteiger partial charge in [-0.05, 0) is 0 Å². The molecule has 0 spiro atoms. The van der Waals surface area contributed by atoms with Gasteiger partial charge in [0.15, 0.2) is 0 Å². The number of hydrogen-bond donors (Lipinski definition) is 0. The summed E-state index contributed by atoms with van der Waals surface area (Å²) in [6, 6.07) is 22.9. The summed E-state index contributed by atoms with van der Waals surface area (Å²) in [5.74, 6) is 0. The second-order valence-electron chi connectivity index (χ2n) is 11.7.